The maximum absolute atomic E-state index is 15.1. The Morgan fingerprint density at radius 2 is 1.47 bits per heavy atom. The average molecular weight is 669 g/mol. The van der Waals surface area contributed by atoms with Gasteiger partial charge in [-0.05, 0) is 62.5 Å². The van der Waals surface area contributed by atoms with Crippen LogP contribution in [-0.4, -0.2) is 105 Å². The summed E-state index contributed by atoms with van der Waals surface area (Å²) >= 11 is 0. The molecule has 1 amide bonds. The van der Waals surface area contributed by atoms with Crippen LogP contribution in [0.15, 0.2) is 66.7 Å². The van der Waals surface area contributed by atoms with E-state index in [1.807, 2.05) is 19.0 Å². The van der Waals surface area contributed by atoms with Crippen molar-refractivity contribution >= 4 is 27.5 Å². The molecule has 0 radical (unpaired) electrons. The minimum absolute atomic E-state index is 0.0872. The molecule has 1 heterocycles. The minimum atomic E-state index is -3.74. The first kappa shape index (κ1) is 35.7. The molecule has 252 valence electrons. The summed E-state index contributed by atoms with van der Waals surface area (Å²) in [6.07, 6.45) is 0.968. The molecule has 4 rings (SSSR count). The van der Waals surface area contributed by atoms with Crippen LogP contribution in [-0.2, 0) is 14.8 Å². The number of benzene rings is 3. The number of hydrogen-bond acceptors (Lipinski definition) is 9. The Bertz CT molecular complexity index is 1670. The highest BCUT2D eigenvalue weighted by molar-refractivity contribution is 7.88. The number of carbonyl (C=O) groups is 3. The third-order valence-electron chi connectivity index (χ3n) is 8.47. The van der Waals surface area contributed by atoms with Crippen molar-refractivity contribution in [2.24, 2.45) is 11.8 Å². The second-order valence-corrected chi connectivity index (χ2v) is 14.0. The van der Waals surface area contributed by atoms with Gasteiger partial charge in [0, 0.05) is 61.6 Å². The number of hydrogen-bond donors (Lipinski definition) is 4. The average Bonchev–Trinajstić information content (AvgIpc) is 3.00. The van der Waals surface area contributed by atoms with Crippen LogP contribution in [0.1, 0.15) is 37.8 Å². The number of amides is 1. The first-order valence-electron chi connectivity index (χ1n) is 15.2. The van der Waals surface area contributed by atoms with E-state index < -0.39 is 57.1 Å². The Kier molecular flexibility index (Phi) is 11.5. The van der Waals surface area contributed by atoms with E-state index in [0.717, 1.165) is 6.26 Å². The number of likely N-dealkylation sites (N-methyl/N-ethyl adjacent to an activating group) is 1. The van der Waals surface area contributed by atoms with Gasteiger partial charge in [-0.3, -0.25) is 19.3 Å². The van der Waals surface area contributed by atoms with Crippen molar-refractivity contribution < 1.29 is 37.4 Å². The number of halogens is 1. The van der Waals surface area contributed by atoms with Gasteiger partial charge in [-0.25, -0.2) is 17.5 Å². The zero-order valence-corrected chi connectivity index (χ0v) is 27.6. The molecule has 1 saturated heterocycles. The van der Waals surface area contributed by atoms with Crippen molar-refractivity contribution in [2.75, 3.05) is 53.1 Å². The van der Waals surface area contributed by atoms with Crippen LogP contribution in [0, 0.1) is 24.6 Å². The fourth-order valence-electron chi connectivity index (χ4n) is 6.14. The molecule has 13 heteroatoms. The highest BCUT2D eigenvalue weighted by Crippen LogP contribution is 2.43. The van der Waals surface area contributed by atoms with Gasteiger partial charge >= 0.3 is 0 Å². The molecule has 0 saturated carbocycles. The standard InChI is InChI=1S/C34H41FN4O7S/c1-21-26(12-7-13-29(21)35)31-27(32(42)22-8-5-10-24(40)16-22)19-39(20-28(31)33(43)23-9-6-11-25(41)17-23)30(18-37-47(4,45)46)34(44)36-14-15-38(2)3/h5-13,16-17,27-28,30-31,37,40-41H,14-15,18-20H2,1-4H3,(H,36,44)/t27?,28?,30-,31?/m1/s1. The molecule has 3 aromatic carbocycles. The van der Waals surface area contributed by atoms with Crippen LogP contribution in [0.25, 0.3) is 0 Å². The molecule has 3 atom stereocenters. The molecule has 4 N–H and O–H groups in total. The summed E-state index contributed by atoms with van der Waals surface area (Å²) in [7, 11) is -0.0676. The normalized spacial score (nSPS) is 19.3. The number of sulfonamides is 1. The summed E-state index contributed by atoms with van der Waals surface area (Å²) in [5, 5.41) is 23.2. The topological polar surface area (TPSA) is 156 Å². The third-order valence-corrected chi connectivity index (χ3v) is 9.16. The molecular weight excluding hydrogens is 627 g/mol. The number of phenols is 2. The number of nitrogens with zero attached hydrogens (tertiary/aromatic N) is 2. The lowest BCUT2D eigenvalue weighted by Gasteiger charge is -2.46. The van der Waals surface area contributed by atoms with Crippen molar-refractivity contribution in [3.63, 3.8) is 0 Å². The highest BCUT2D eigenvalue weighted by atomic mass is 32.2. The van der Waals surface area contributed by atoms with Gasteiger partial charge in [-0.1, -0.05) is 36.4 Å². The lowest BCUT2D eigenvalue weighted by atomic mass is 9.67. The van der Waals surface area contributed by atoms with Crippen molar-refractivity contribution in [3.8, 4) is 11.5 Å². The highest BCUT2D eigenvalue weighted by Gasteiger charge is 2.48. The van der Waals surface area contributed by atoms with E-state index in [1.54, 1.807) is 17.9 Å². The Morgan fingerprint density at radius 1 is 0.936 bits per heavy atom. The Labute approximate surface area is 274 Å². The Hall–Kier alpha value is -4.17. The smallest absolute Gasteiger partial charge is 0.238 e. The predicted molar refractivity (Wildman–Crippen MR) is 176 cm³/mol. The van der Waals surface area contributed by atoms with E-state index in [9.17, 15) is 33.0 Å². The lowest BCUT2D eigenvalue weighted by Crippen LogP contribution is -2.60. The van der Waals surface area contributed by atoms with E-state index in [1.165, 1.54) is 60.7 Å². The Morgan fingerprint density at radius 3 is 1.96 bits per heavy atom. The van der Waals surface area contributed by atoms with Gasteiger partial charge in [0.2, 0.25) is 15.9 Å². The number of ketones is 2. The molecule has 11 nitrogen and oxygen atoms in total. The van der Waals surface area contributed by atoms with Crippen LogP contribution < -0.4 is 10.0 Å². The second-order valence-electron chi connectivity index (χ2n) is 12.2. The maximum atomic E-state index is 15.1. The van der Waals surface area contributed by atoms with E-state index in [0.29, 0.717) is 12.1 Å². The number of likely N-dealkylation sites (tertiary alicyclic amines) is 1. The molecule has 0 aliphatic carbocycles. The minimum Gasteiger partial charge on any atom is -0.508 e. The van der Waals surface area contributed by atoms with E-state index in [-0.39, 0.29) is 54.4 Å². The monoisotopic (exact) mass is 668 g/mol. The fraction of sp³-hybridized carbons (Fsp3) is 0.382. The molecule has 0 spiro atoms. The van der Waals surface area contributed by atoms with Crippen molar-refractivity contribution in [1.82, 2.24) is 19.8 Å². The first-order valence-corrected chi connectivity index (χ1v) is 17.1. The molecule has 1 aliphatic heterocycles. The molecule has 1 fully saturated rings. The SMILES string of the molecule is Cc1c(F)cccc1C1C(C(=O)c2cccc(O)c2)CN([C@H](CNS(C)(=O)=O)C(=O)NCCN(C)C)CC1C(=O)c1cccc(O)c1. The van der Waals surface area contributed by atoms with Crippen molar-refractivity contribution in [1.29, 1.82) is 0 Å². The zero-order chi connectivity index (χ0) is 34.5. The summed E-state index contributed by atoms with van der Waals surface area (Å²) < 4.78 is 41.8. The largest absolute Gasteiger partial charge is 0.508 e. The molecule has 2 unspecified atom stereocenters. The summed E-state index contributed by atoms with van der Waals surface area (Å²) in [6, 6.07) is 14.9. The van der Waals surface area contributed by atoms with Crippen LogP contribution in [0.3, 0.4) is 0 Å². The molecule has 0 aromatic heterocycles. The fourth-order valence-corrected chi connectivity index (χ4v) is 6.60. The number of phenolic OH excluding ortho intramolecular Hbond substituents is 2. The summed E-state index contributed by atoms with van der Waals surface area (Å²) in [4.78, 5) is 45.9. The predicted octanol–water partition coefficient (Wildman–Crippen LogP) is 2.54. The Balaban J connectivity index is 1.89. The van der Waals surface area contributed by atoms with Crippen LogP contribution in [0.2, 0.25) is 0 Å². The summed E-state index contributed by atoms with van der Waals surface area (Å²) in [5.41, 5.74) is 0.995. The lowest BCUT2D eigenvalue weighted by molar-refractivity contribution is -0.127. The van der Waals surface area contributed by atoms with Crippen LogP contribution >= 0.6 is 0 Å². The van der Waals surface area contributed by atoms with Gasteiger partial charge < -0.3 is 20.4 Å². The first-order chi connectivity index (χ1) is 22.2. The summed E-state index contributed by atoms with van der Waals surface area (Å²) in [6.45, 7) is 1.83. The van der Waals surface area contributed by atoms with Gasteiger partial charge in [-0.2, -0.15) is 0 Å². The third kappa shape index (κ3) is 9.01. The molecule has 3 aromatic rings. The number of aromatic hydroxyl groups is 2. The van der Waals surface area contributed by atoms with E-state index >= 15 is 4.39 Å². The van der Waals surface area contributed by atoms with Gasteiger partial charge in [0.05, 0.1) is 6.26 Å². The summed E-state index contributed by atoms with van der Waals surface area (Å²) in [5.74, 6) is -5.17. The maximum Gasteiger partial charge on any atom is 0.238 e. The zero-order valence-electron chi connectivity index (χ0n) is 26.8. The molecular formula is C34H41FN4O7S. The molecule has 47 heavy (non-hydrogen) atoms. The number of Topliss-reactive ketones (excluding diaryl/α,β-unsaturated/α-hetero) is 2. The number of rotatable bonds is 13. The molecule has 0 bridgehead atoms. The van der Waals surface area contributed by atoms with Crippen molar-refractivity contribution in [2.45, 2.75) is 18.9 Å². The van der Waals surface area contributed by atoms with Crippen molar-refractivity contribution in [3.05, 3.63) is 94.8 Å². The van der Waals surface area contributed by atoms with Gasteiger partial charge in [0.15, 0.2) is 11.6 Å². The molecule has 1 aliphatic rings. The van der Waals surface area contributed by atoms with Crippen LogP contribution in [0.5, 0.6) is 11.5 Å². The quantitative estimate of drug-likeness (QED) is 0.201. The second kappa shape index (κ2) is 15.2. The van der Waals surface area contributed by atoms with Gasteiger partial charge in [0.25, 0.3) is 0 Å². The van der Waals surface area contributed by atoms with Crippen LogP contribution in [0.4, 0.5) is 4.39 Å². The number of piperidine rings is 1. The van der Waals surface area contributed by atoms with Gasteiger partial charge in [-0.15, -0.1) is 0 Å². The van der Waals surface area contributed by atoms with E-state index in [2.05, 4.69) is 10.0 Å². The van der Waals surface area contributed by atoms with Gasteiger partial charge in [0.1, 0.15) is 23.4 Å². The van der Waals surface area contributed by atoms with E-state index in [4.69, 9.17) is 0 Å². The number of carbonyl (C=O) groups excluding carboxylic acids is 3. The number of nitrogens with one attached hydrogen (secondary N) is 2.